The average Bonchev–Trinajstić information content (AvgIpc) is 2.79. The van der Waals surface area contributed by atoms with Gasteiger partial charge in [-0.2, -0.15) is 4.31 Å². The van der Waals surface area contributed by atoms with Crippen LogP contribution in [0.4, 0.5) is 5.69 Å². The zero-order valence-corrected chi connectivity index (χ0v) is 20.1. The zero-order valence-electron chi connectivity index (χ0n) is 17.7. The first-order valence-corrected chi connectivity index (χ1v) is 12.1. The highest BCUT2D eigenvalue weighted by atomic mass is 35.5. The van der Waals surface area contributed by atoms with Gasteiger partial charge in [-0.3, -0.25) is 10.1 Å². The van der Waals surface area contributed by atoms with Crippen molar-refractivity contribution in [2.75, 3.05) is 12.4 Å². The molecule has 0 saturated heterocycles. The minimum absolute atomic E-state index is 0.0839. The number of sulfonamides is 1. The van der Waals surface area contributed by atoms with Crippen molar-refractivity contribution in [2.45, 2.75) is 11.4 Å². The number of hydrogen-bond acceptors (Lipinski definition) is 4. The van der Waals surface area contributed by atoms with Gasteiger partial charge in [-0.1, -0.05) is 60.1 Å². The summed E-state index contributed by atoms with van der Waals surface area (Å²) in [5, 5.41) is 6.01. The molecule has 0 fully saturated rings. The molecule has 170 valence electrons. The van der Waals surface area contributed by atoms with Gasteiger partial charge in [0.25, 0.3) is 0 Å². The van der Waals surface area contributed by atoms with E-state index in [1.807, 2.05) is 36.4 Å². The van der Waals surface area contributed by atoms with E-state index in [9.17, 15) is 13.2 Å². The molecule has 0 radical (unpaired) electrons. The molecule has 1 amide bonds. The van der Waals surface area contributed by atoms with Gasteiger partial charge in [0.15, 0.2) is 5.11 Å². The monoisotopic (exact) mass is 499 g/mol. The largest absolute Gasteiger partial charge is 0.332 e. The quantitative estimate of drug-likeness (QED) is 0.364. The van der Waals surface area contributed by atoms with Crippen molar-refractivity contribution in [1.82, 2.24) is 9.62 Å². The maximum atomic E-state index is 12.8. The minimum Gasteiger partial charge on any atom is -0.332 e. The molecule has 3 aromatic rings. The van der Waals surface area contributed by atoms with Gasteiger partial charge in [0.2, 0.25) is 15.9 Å². The first-order chi connectivity index (χ1) is 15.8. The standard InChI is InChI=1S/C24H22ClN3O3S2/c1-28(17-18-7-3-2-4-8-18)33(30,31)21-14-12-20(13-15-21)26-24(32)27-23(29)16-11-19-9-5-6-10-22(19)25/h2-16H,17H2,1H3,(H2,26,27,29,32)/b16-11+. The van der Waals surface area contributed by atoms with Crippen molar-refractivity contribution >= 4 is 56.6 Å². The van der Waals surface area contributed by atoms with Crippen LogP contribution in [0.3, 0.4) is 0 Å². The summed E-state index contributed by atoms with van der Waals surface area (Å²) in [4.78, 5) is 12.2. The molecule has 0 spiro atoms. The van der Waals surface area contributed by atoms with E-state index >= 15 is 0 Å². The lowest BCUT2D eigenvalue weighted by atomic mass is 10.2. The first kappa shape index (κ1) is 24.6. The number of benzene rings is 3. The van der Waals surface area contributed by atoms with Crippen LogP contribution in [0.25, 0.3) is 6.08 Å². The maximum Gasteiger partial charge on any atom is 0.250 e. The lowest BCUT2D eigenvalue weighted by Crippen LogP contribution is -2.32. The fourth-order valence-corrected chi connectivity index (χ4v) is 4.48. The highest BCUT2D eigenvalue weighted by Crippen LogP contribution is 2.19. The van der Waals surface area contributed by atoms with Gasteiger partial charge >= 0.3 is 0 Å². The third-order valence-corrected chi connectivity index (χ3v) is 6.99. The van der Waals surface area contributed by atoms with Crippen LogP contribution < -0.4 is 10.6 Å². The molecule has 0 aliphatic carbocycles. The number of anilines is 1. The summed E-state index contributed by atoms with van der Waals surface area (Å²) in [7, 11) is -2.12. The van der Waals surface area contributed by atoms with E-state index in [-0.39, 0.29) is 16.6 Å². The number of nitrogens with one attached hydrogen (secondary N) is 2. The Morgan fingerprint density at radius 2 is 1.64 bits per heavy atom. The lowest BCUT2D eigenvalue weighted by Gasteiger charge is -2.17. The molecule has 0 aromatic heterocycles. The summed E-state index contributed by atoms with van der Waals surface area (Å²) in [5.41, 5.74) is 2.15. The Balaban J connectivity index is 1.57. The molecule has 0 atom stereocenters. The van der Waals surface area contributed by atoms with E-state index in [0.717, 1.165) is 5.56 Å². The van der Waals surface area contributed by atoms with E-state index in [0.29, 0.717) is 16.3 Å². The summed E-state index contributed by atoms with van der Waals surface area (Å²) < 4.78 is 27.0. The van der Waals surface area contributed by atoms with E-state index in [4.69, 9.17) is 23.8 Å². The minimum atomic E-state index is -3.66. The van der Waals surface area contributed by atoms with Crippen molar-refractivity contribution in [3.05, 3.63) is 101 Å². The fourth-order valence-electron chi connectivity index (χ4n) is 2.91. The fraction of sp³-hybridized carbons (Fsp3) is 0.0833. The highest BCUT2D eigenvalue weighted by Gasteiger charge is 2.20. The smallest absolute Gasteiger partial charge is 0.250 e. The van der Waals surface area contributed by atoms with Gasteiger partial charge < -0.3 is 5.32 Å². The Labute approximate surface area is 203 Å². The van der Waals surface area contributed by atoms with E-state index in [1.165, 1.54) is 29.6 Å². The number of carbonyl (C=O) groups excluding carboxylic acids is 1. The third-order valence-electron chi connectivity index (χ3n) is 4.62. The number of hydrogen-bond donors (Lipinski definition) is 2. The Morgan fingerprint density at radius 1 is 1.00 bits per heavy atom. The van der Waals surface area contributed by atoms with Gasteiger partial charge in [0.05, 0.1) is 4.90 Å². The predicted molar refractivity (Wildman–Crippen MR) is 136 cm³/mol. The normalized spacial score (nSPS) is 11.5. The average molecular weight is 500 g/mol. The Hall–Kier alpha value is -3.04. The predicted octanol–water partition coefficient (Wildman–Crippen LogP) is 4.69. The number of rotatable bonds is 7. The molecular formula is C24H22ClN3O3S2. The lowest BCUT2D eigenvalue weighted by molar-refractivity contribution is -0.115. The van der Waals surface area contributed by atoms with Crippen LogP contribution in [0.1, 0.15) is 11.1 Å². The van der Waals surface area contributed by atoms with Crippen molar-refractivity contribution in [3.8, 4) is 0 Å². The highest BCUT2D eigenvalue weighted by molar-refractivity contribution is 7.89. The summed E-state index contributed by atoms with van der Waals surface area (Å²) in [6.45, 7) is 0.265. The van der Waals surface area contributed by atoms with Crippen molar-refractivity contribution < 1.29 is 13.2 Å². The maximum absolute atomic E-state index is 12.8. The molecule has 9 heteroatoms. The van der Waals surface area contributed by atoms with Gasteiger partial charge in [0.1, 0.15) is 0 Å². The van der Waals surface area contributed by atoms with E-state index in [2.05, 4.69) is 10.6 Å². The SMILES string of the molecule is CN(Cc1ccccc1)S(=O)(=O)c1ccc(NC(=S)NC(=O)/C=C/c2ccccc2Cl)cc1. The van der Waals surface area contributed by atoms with Crippen LogP contribution in [0.2, 0.25) is 5.02 Å². The molecule has 0 saturated carbocycles. The molecule has 33 heavy (non-hydrogen) atoms. The van der Waals surface area contributed by atoms with Crippen LogP contribution in [0, 0.1) is 0 Å². The van der Waals surface area contributed by atoms with Crippen LogP contribution in [0.15, 0.2) is 89.8 Å². The summed E-state index contributed by atoms with van der Waals surface area (Å²) in [6, 6.07) is 22.6. The van der Waals surface area contributed by atoms with Crippen LogP contribution in [-0.2, 0) is 21.4 Å². The van der Waals surface area contributed by atoms with Gasteiger partial charge in [-0.05, 0) is 59.8 Å². The molecule has 3 aromatic carbocycles. The van der Waals surface area contributed by atoms with E-state index in [1.54, 1.807) is 36.4 Å². The Bertz CT molecular complexity index is 1260. The van der Waals surface area contributed by atoms with Crippen LogP contribution in [-0.4, -0.2) is 30.8 Å². The molecule has 0 heterocycles. The van der Waals surface area contributed by atoms with Crippen molar-refractivity contribution in [3.63, 3.8) is 0 Å². The van der Waals surface area contributed by atoms with Gasteiger partial charge in [-0.25, -0.2) is 8.42 Å². The number of thiocarbonyl (C=S) groups is 1. The molecular weight excluding hydrogens is 478 g/mol. The number of nitrogens with zero attached hydrogens (tertiary/aromatic N) is 1. The number of halogens is 1. The van der Waals surface area contributed by atoms with Crippen molar-refractivity contribution in [1.29, 1.82) is 0 Å². The second-order valence-corrected chi connectivity index (χ2v) is 9.93. The second kappa shape index (κ2) is 11.2. The topological polar surface area (TPSA) is 78.5 Å². The summed E-state index contributed by atoms with van der Waals surface area (Å²) in [6.07, 6.45) is 2.92. The first-order valence-electron chi connectivity index (χ1n) is 9.90. The summed E-state index contributed by atoms with van der Waals surface area (Å²) >= 11 is 11.2. The van der Waals surface area contributed by atoms with Crippen LogP contribution >= 0.6 is 23.8 Å². The van der Waals surface area contributed by atoms with Crippen LogP contribution in [0.5, 0.6) is 0 Å². The van der Waals surface area contributed by atoms with Gasteiger partial charge in [0, 0.05) is 30.4 Å². The third kappa shape index (κ3) is 6.97. The Morgan fingerprint density at radius 3 is 2.30 bits per heavy atom. The Kier molecular flexibility index (Phi) is 8.35. The molecule has 0 unspecified atom stereocenters. The number of amides is 1. The molecule has 0 bridgehead atoms. The van der Waals surface area contributed by atoms with E-state index < -0.39 is 15.9 Å². The molecule has 6 nitrogen and oxygen atoms in total. The molecule has 2 N–H and O–H groups in total. The molecule has 0 aliphatic rings. The zero-order chi connectivity index (χ0) is 23.8. The summed E-state index contributed by atoms with van der Waals surface area (Å²) in [5.74, 6) is -0.422. The number of carbonyl (C=O) groups is 1. The van der Waals surface area contributed by atoms with Gasteiger partial charge in [-0.15, -0.1) is 0 Å². The molecule has 0 aliphatic heterocycles. The molecule has 3 rings (SSSR count). The van der Waals surface area contributed by atoms with Crippen molar-refractivity contribution in [2.24, 2.45) is 0 Å². The second-order valence-electron chi connectivity index (χ2n) is 7.07.